The summed E-state index contributed by atoms with van der Waals surface area (Å²) in [6.07, 6.45) is -0.733. The first-order valence-corrected chi connectivity index (χ1v) is 11.6. The average molecular weight is 521 g/mol. The number of methoxy groups -OCH3 is 2. The number of nitrogens with one attached hydrogen (secondary N) is 1. The van der Waals surface area contributed by atoms with E-state index in [1.54, 1.807) is 12.1 Å². The third-order valence-electron chi connectivity index (χ3n) is 5.70. The summed E-state index contributed by atoms with van der Waals surface area (Å²) in [5.74, 6) is -1.35. The third-order valence-corrected chi connectivity index (χ3v) is 5.99. The Morgan fingerprint density at radius 1 is 1.06 bits per heavy atom. The van der Waals surface area contributed by atoms with Crippen LogP contribution in [0.3, 0.4) is 0 Å². The van der Waals surface area contributed by atoms with Gasteiger partial charge in [0.2, 0.25) is 6.43 Å². The van der Waals surface area contributed by atoms with Gasteiger partial charge in [-0.15, -0.1) is 0 Å². The maximum absolute atomic E-state index is 14.0. The van der Waals surface area contributed by atoms with Crippen LogP contribution in [0.2, 0.25) is 5.02 Å². The van der Waals surface area contributed by atoms with Gasteiger partial charge in [-0.3, -0.25) is 4.79 Å². The van der Waals surface area contributed by atoms with Gasteiger partial charge in [0.05, 0.1) is 37.0 Å². The SMILES string of the molecule is COc1cc(C(=O)NCC(c2ccc(OC)c(-c3ccc(F)c(Cl)c3)n2)C(F)F)ccc1OC1CC1. The number of hydrogen-bond acceptors (Lipinski definition) is 5. The van der Waals surface area contributed by atoms with Crippen LogP contribution in [0.15, 0.2) is 48.5 Å². The van der Waals surface area contributed by atoms with E-state index in [9.17, 15) is 18.0 Å². The van der Waals surface area contributed by atoms with Gasteiger partial charge in [-0.2, -0.15) is 0 Å². The number of ether oxygens (including phenoxy) is 3. The number of benzene rings is 2. The summed E-state index contributed by atoms with van der Waals surface area (Å²) in [4.78, 5) is 17.1. The van der Waals surface area contributed by atoms with E-state index in [-0.39, 0.29) is 34.6 Å². The van der Waals surface area contributed by atoms with Crippen molar-refractivity contribution < 1.29 is 32.2 Å². The summed E-state index contributed by atoms with van der Waals surface area (Å²) in [6, 6.07) is 11.5. The van der Waals surface area contributed by atoms with Gasteiger partial charge in [-0.25, -0.2) is 18.2 Å². The van der Waals surface area contributed by atoms with Crippen molar-refractivity contribution in [1.82, 2.24) is 10.3 Å². The molecule has 190 valence electrons. The normalized spacial score (nSPS) is 13.9. The maximum atomic E-state index is 14.0. The van der Waals surface area contributed by atoms with E-state index >= 15 is 0 Å². The summed E-state index contributed by atoms with van der Waals surface area (Å²) in [5, 5.41) is 2.41. The van der Waals surface area contributed by atoms with Crippen LogP contribution < -0.4 is 19.5 Å². The monoisotopic (exact) mass is 520 g/mol. The highest BCUT2D eigenvalue weighted by molar-refractivity contribution is 6.31. The lowest BCUT2D eigenvalue weighted by Gasteiger charge is -2.19. The fourth-order valence-electron chi connectivity index (χ4n) is 3.58. The van der Waals surface area contributed by atoms with Gasteiger partial charge in [-0.05, 0) is 61.4 Å². The Morgan fingerprint density at radius 3 is 2.42 bits per heavy atom. The van der Waals surface area contributed by atoms with Crippen molar-refractivity contribution in [1.29, 1.82) is 0 Å². The number of pyridine rings is 1. The average Bonchev–Trinajstić information content (AvgIpc) is 3.69. The van der Waals surface area contributed by atoms with E-state index in [1.807, 2.05) is 0 Å². The molecule has 1 fully saturated rings. The smallest absolute Gasteiger partial charge is 0.251 e. The second kappa shape index (κ2) is 11.1. The van der Waals surface area contributed by atoms with Crippen LogP contribution in [0, 0.1) is 5.82 Å². The summed E-state index contributed by atoms with van der Waals surface area (Å²) < 4.78 is 58.1. The highest BCUT2D eigenvalue weighted by atomic mass is 35.5. The number of carbonyl (C=O) groups is 1. The molecular weight excluding hydrogens is 497 g/mol. The van der Waals surface area contributed by atoms with Crippen LogP contribution in [-0.4, -0.2) is 44.2 Å². The Labute approximate surface area is 211 Å². The topological polar surface area (TPSA) is 69.7 Å². The number of carbonyl (C=O) groups excluding carboxylic acids is 1. The maximum Gasteiger partial charge on any atom is 0.251 e. The van der Waals surface area contributed by atoms with Crippen molar-refractivity contribution in [3.8, 4) is 28.5 Å². The zero-order chi connectivity index (χ0) is 25.8. The minimum Gasteiger partial charge on any atom is -0.494 e. The molecule has 1 saturated carbocycles. The summed E-state index contributed by atoms with van der Waals surface area (Å²) in [6.45, 7) is -0.373. The number of aromatic nitrogens is 1. The number of rotatable bonds is 10. The van der Waals surface area contributed by atoms with Gasteiger partial charge in [0.1, 0.15) is 17.3 Å². The van der Waals surface area contributed by atoms with Gasteiger partial charge in [-0.1, -0.05) is 11.6 Å². The van der Waals surface area contributed by atoms with Crippen LogP contribution in [0.4, 0.5) is 13.2 Å². The summed E-state index contributed by atoms with van der Waals surface area (Å²) >= 11 is 5.89. The van der Waals surface area contributed by atoms with E-state index in [2.05, 4.69) is 10.3 Å². The molecule has 4 rings (SSSR count). The minimum absolute atomic E-state index is 0.0345. The molecule has 0 radical (unpaired) electrons. The first kappa shape index (κ1) is 25.6. The van der Waals surface area contributed by atoms with Crippen molar-refractivity contribution in [2.75, 3.05) is 20.8 Å². The molecule has 0 aliphatic heterocycles. The Kier molecular flexibility index (Phi) is 7.88. The summed E-state index contributed by atoms with van der Waals surface area (Å²) in [5.41, 5.74) is 0.905. The van der Waals surface area contributed by atoms with E-state index in [4.69, 9.17) is 25.8 Å². The van der Waals surface area contributed by atoms with E-state index in [0.29, 0.717) is 22.8 Å². The summed E-state index contributed by atoms with van der Waals surface area (Å²) in [7, 11) is 2.87. The van der Waals surface area contributed by atoms with E-state index in [1.165, 1.54) is 44.6 Å². The van der Waals surface area contributed by atoms with Crippen LogP contribution in [0.5, 0.6) is 17.2 Å². The quantitative estimate of drug-likeness (QED) is 0.361. The molecule has 1 aliphatic carbocycles. The largest absolute Gasteiger partial charge is 0.494 e. The van der Waals surface area contributed by atoms with Gasteiger partial charge in [0.25, 0.3) is 5.91 Å². The lowest BCUT2D eigenvalue weighted by atomic mass is 10.0. The van der Waals surface area contributed by atoms with Crippen molar-refractivity contribution >= 4 is 17.5 Å². The Morgan fingerprint density at radius 2 is 1.78 bits per heavy atom. The predicted molar refractivity (Wildman–Crippen MR) is 129 cm³/mol. The molecule has 2 aromatic carbocycles. The molecule has 36 heavy (non-hydrogen) atoms. The fourth-order valence-corrected chi connectivity index (χ4v) is 3.76. The molecule has 0 spiro atoms. The second-order valence-electron chi connectivity index (χ2n) is 8.25. The van der Waals surface area contributed by atoms with Crippen LogP contribution in [0.25, 0.3) is 11.3 Å². The number of halogens is 4. The Hall–Kier alpha value is -3.46. The molecule has 1 unspecified atom stereocenters. The first-order chi connectivity index (χ1) is 17.3. The molecule has 1 amide bonds. The molecule has 10 heteroatoms. The standard InChI is InChI=1S/C26H24ClF3N2O4/c1-34-22-10-8-20(32-24(22)14-3-7-19(28)18(27)11-14)17(25(29)30)13-31-26(33)15-4-9-21(23(12-15)35-2)36-16-5-6-16/h3-4,7-12,16-17,25H,5-6,13H2,1-2H3,(H,31,33). The number of alkyl halides is 2. The molecule has 1 N–H and O–H groups in total. The predicted octanol–water partition coefficient (Wildman–Crippen LogP) is 5.88. The molecule has 1 heterocycles. The van der Waals surface area contributed by atoms with Gasteiger partial charge >= 0.3 is 0 Å². The highest BCUT2D eigenvalue weighted by Crippen LogP contribution is 2.35. The number of amides is 1. The highest BCUT2D eigenvalue weighted by Gasteiger charge is 2.27. The van der Waals surface area contributed by atoms with Crippen LogP contribution >= 0.6 is 11.6 Å². The minimum atomic E-state index is -2.82. The fraction of sp³-hybridized carbons (Fsp3) is 0.308. The molecular formula is C26H24ClF3N2O4. The van der Waals surface area contributed by atoms with Crippen molar-refractivity contribution in [3.63, 3.8) is 0 Å². The van der Waals surface area contributed by atoms with Crippen LogP contribution in [0.1, 0.15) is 34.8 Å². The lowest BCUT2D eigenvalue weighted by Crippen LogP contribution is -2.31. The molecule has 3 aromatic rings. The van der Waals surface area contributed by atoms with Crippen molar-refractivity contribution in [2.24, 2.45) is 0 Å². The number of hydrogen-bond donors (Lipinski definition) is 1. The molecule has 1 atom stereocenters. The number of nitrogens with zero attached hydrogens (tertiary/aromatic N) is 1. The van der Waals surface area contributed by atoms with Crippen LogP contribution in [-0.2, 0) is 0 Å². The van der Waals surface area contributed by atoms with Crippen molar-refractivity contribution in [3.05, 3.63) is 70.6 Å². The van der Waals surface area contributed by atoms with Gasteiger partial charge < -0.3 is 19.5 Å². The molecule has 6 nitrogen and oxygen atoms in total. The zero-order valence-corrected chi connectivity index (χ0v) is 20.3. The Balaban J connectivity index is 1.54. The first-order valence-electron chi connectivity index (χ1n) is 11.2. The van der Waals surface area contributed by atoms with E-state index < -0.39 is 24.1 Å². The third kappa shape index (κ3) is 5.84. The molecule has 0 bridgehead atoms. The molecule has 1 aliphatic rings. The zero-order valence-electron chi connectivity index (χ0n) is 19.6. The molecule has 0 saturated heterocycles. The second-order valence-corrected chi connectivity index (χ2v) is 8.66. The lowest BCUT2D eigenvalue weighted by molar-refractivity contribution is 0.0898. The Bertz CT molecular complexity index is 1250. The van der Waals surface area contributed by atoms with Gasteiger partial charge in [0, 0.05) is 17.7 Å². The molecule has 1 aromatic heterocycles. The van der Waals surface area contributed by atoms with Gasteiger partial charge in [0.15, 0.2) is 11.5 Å². The van der Waals surface area contributed by atoms with E-state index in [0.717, 1.165) is 18.9 Å². The van der Waals surface area contributed by atoms with Crippen molar-refractivity contribution in [2.45, 2.75) is 31.3 Å².